The molecule has 13 heavy (non-hydrogen) atoms. The molecule has 1 aromatic heterocycles. The van der Waals surface area contributed by atoms with Crippen LogP contribution in [0.3, 0.4) is 0 Å². The highest BCUT2D eigenvalue weighted by Gasteiger charge is 2.11. The molecule has 0 radical (unpaired) electrons. The Kier molecular flexibility index (Phi) is 3.36. The van der Waals surface area contributed by atoms with Gasteiger partial charge in [0.05, 0.1) is 12.1 Å². The van der Waals surface area contributed by atoms with Gasteiger partial charge in [-0.25, -0.2) is 0 Å². The molecule has 0 aliphatic heterocycles. The molecular weight excluding hydrogens is 190 g/mol. The van der Waals surface area contributed by atoms with E-state index in [0.717, 1.165) is 5.76 Å². The third-order valence-electron chi connectivity index (χ3n) is 1.49. The summed E-state index contributed by atoms with van der Waals surface area (Å²) in [6, 6.07) is 3.50. The maximum absolute atomic E-state index is 9.38. The molecule has 1 aromatic rings. The van der Waals surface area contributed by atoms with Gasteiger partial charge in [-0.1, -0.05) is 0 Å². The molecule has 0 atom stereocenters. The van der Waals surface area contributed by atoms with E-state index in [4.69, 9.17) is 16.0 Å². The summed E-state index contributed by atoms with van der Waals surface area (Å²) in [7, 11) is 0. The van der Waals surface area contributed by atoms with E-state index in [1.54, 1.807) is 26.0 Å². The lowest BCUT2D eigenvalue weighted by atomic mass is 10.1. The first-order valence-corrected chi connectivity index (χ1v) is 4.52. The summed E-state index contributed by atoms with van der Waals surface area (Å²) in [4.78, 5) is 0. The van der Waals surface area contributed by atoms with Crippen LogP contribution in [-0.2, 0) is 6.54 Å². The normalized spacial score (nSPS) is 12.0. The Labute approximate surface area is 82.7 Å². The molecule has 2 N–H and O–H groups in total. The minimum absolute atomic E-state index is 0.389. The molecule has 1 rings (SSSR count). The van der Waals surface area contributed by atoms with Gasteiger partial charge in [-0.05, 0) is 37.6 Å². The predicted octanol–water partition coefficient (Wildman–Crippen LogP) is 1.79. The van der Waals surface area contributed by atoms with Crippen LogP contribution in [-0.4, -0.2) is 17.3 Å². The van der Waals surface area contributed by atoms with Crippen LogP contribution in [0.15, 0.2) is 16.5 Å². The summed E-state index contributed by atoms with van der Waals surface area (Å²) in [5.41, 5.74) is -0.698. The first-order chi connectivity index (χ1) is 5.97. The predicted molar refractivity (Wildman–Crippen MR) is 51.7 cm³/mol. The average Bonchev–Trinajstić information content (AvgIpc) is 2.33. The second kappa shape index (κ2) is 4.13. The number of halogens is 1. The lowest BCUT2D eigenvalue weighted by Gasteiger charge is -2.16. The first kappa shape index (κ1) is 10.6. The van der Waals surface area contributed by atoms with Crippen molar-refractivity contribution in [3.63, 3.8) is 0 Å². The van der Waals surface area contributed by atoms with Crippen molar-refractivity contribution >= 4 is 11.6 Å². The van der Waals surface area contributed by atoms with Crippen molar-refractivity contribution in [3.05, 3.63) is 23.1 Å². The Morgan fingerprint density at radius 3 is 2.69 bits per heavy atom. The topological polar surface area (TPSA) is 45.4 Å². The zero-order valence-electron chi connectivity index (χ0n) is 7.80. The van der Waals surface area contributed by atoms with Crippen LogP contribution < -0.4 is 5.32 Å². The van der Waals surface area contributed by atoms with E-state index in [0.29, 0.717) is 18.3 Å². The van der Waals surface area contributed by atoms with Gasteiger partial charge in [0.25, 0.3) is 0 Å². The van der Waals surface area contributed by atoms with Crippen molar-refractivity contribution in [3.8, 4) is 0 Å². The highest BCUT2D eigenvalue weighted by atomic mass is 35.5. The quantitative estimate of drug-likeness (QED) is 0.785. The van der Waals surface area contributed by atoms with E-state index in [1.807, 2.05) is 0 Å². The third kappa shape index (κ3) is 4.31. The lowest BCUT2D eigenvalue weighted by Crippen LogP contribution is -2.34. The monoisotopic (exact) mass is 203 g/mol. The Balaban J connectivity index is 2.28. The van der Waals surface area contributed by atoms with Crippen LogP contribution in [0.1, 0.15) is 19.6 Å². The Morgan fingerprint density at radius 1 is 1.54 bits per heavy atom. The number of hydrogen-bond acceptors (Lipinski definition) is 3. The van der Waals surface area contributed by atoms with Crippen molar-refractivity contribution in [1.29, 1.82) is 0 Å². The smallest absolute Gasteiger partial charge is 0.193 e. The summed E-state index contributed by atoms with van der Waals surface area (Å²) in [6.45, 7) is 4.59. The molecule has 4 heteroatoms. The van der Waals surface area contributed by atoms with Gasteiger partial charge in [0.15, 0.2) is 5.22 Å². The zero-order chi connectivity index (χ0) is 9.90. The fraction of sp³-hybridized carbons (Fsp3) is 0.556. The van der Waals surface area contributed by atoms with E-state index in [2.05, 4.69) is 5.32 Å². The minimum atomic E-state index is -0.698. The summed E-state index contributed by atoms with van der Waals surface area (Å²) < 4.78 is 5.12. The summed E-state index contributed by atoms with van der Waals surface area (Å²) in [6.07, 6.45) is 0. The number of rotatable bonds is 4. The van der Waals surface area contributed by atoms with Gasteiger partial charge < -0.3 is 14.8 Å². The van der Waals surface area contributed by atoms with Crippen LogP contribution in [0.25, 0.3) is 0 Å². The molecule has 1 heterocycles. The number of furan rings is 1. The second-order valence-electron chi connectivity index (χ2n) is 3.62. The Bertz CT molecular complexity index is 265. The van der Waals surface area contributed by atoms with Gasteiger partial charge in [-0.15, -0.1) is 0 Å². The average molecular weight is 204 g/mol. The lowest BCUT2D eigenvalue weighted by molar-refractivity contribution is 0.0790. The SMILES string of the molecule is CC(C)(O)CNCc1ccc(Cl)o1. The largest absolute Gasteiger partial charge is 0.448 e. The van der Waals surface area contributed by atoms with E-state index >= 15 is 0 Å². The maximum atomic E-state index is 9.38. The van der Waals surface area contributed by atoms with E-state index in [9.17, 15) is 5.11 Å². The van der Waals surface area contributed by atoms with Crippen LogP contribution >= 0.6 is 11.6 Å². The van der Waals surface area contributed by atoms with Crippen molar-refractivity contribution in [2.75, 3.05) is 6.54 Å². The molecule has 0 saturated carbocycles. The van der Waals surface area contributed by atoms with Gasteiger partial charge >= 0.3 is 0 Å². The first-order valence-electron chi connectivity index (χ1n) is 4.15. The van der Waals surface area contributed by atoms with Crippen molar-refractivity contribution in [2.24, 2.45) is 0 Å². The molecule has 0 spiro atoms. The van der Waals surface area contributed by atoms with E-state index in [1.165, 1.54) is 0 Å². The Hall–Kier alpha value is -0.510. The van der Waals surface area contributed by atoms with E-state index in [-0.39, 0.29) is 0 Å². The Morgan fingerprint density at radius 2 is 2.23 bits per heavy atom. The highest BCUT2D eigenvalue weighted by molar-refractivity contribution is 6.28. The molecule has 0 bridgehead atoms. The van der Waals surface area contributed by atoms with Crippen molar-refractivity contribution in [1.82, 2.24) is 5.32 Å². The molecule has 3 nitrogen and oxygen atoms in total. The minimum Gasteiger partial charge on any atom is -0.448 e. The number of aliphatic hydroxyl groups is 1. The van der Waals surface area contributed by atoms with E-state index < -0.39 is 5.60 Å². The summed E-state index contributed by atoms with van der Waals surface area (Å²) >= 11 is 5.59. The van der Waals surface area contributed by atoms with Crippen molar-refractivity contribution < 1.29 is 9.52 Å². The zero-order valence-corrected chi connectivity index (χ0v) is 8.56. The maximum Gasteiger partial charge on any atom is 0.193 e. The highest BCUT2D eigenvalue weighted by Crippen LogP contribution is 2.12. The number of nitrogens with one attached hydrogen (secondary N) is 1. The molecule has 0 amide bonds. The van der Waals surface area contributed by atoms with Gasteiger partial charge in [-0.2, -0.15) is 0 Å². The second-order valence-corrected chi connectivity index (χ2v) is 3.99. The fourth-order valence-corrected chi connectivity index (χ4v) is 1.10. The van der Waals surface area contributed by atoms with Crippen LogP contribution in [0.5, 0.6) is 0 Å². The molecule has 0 fully saturated rings. The summed E-state index contributed by atoms with van der Waals surface area (Å²) in [5.74, 6) is 0.772. The summed E-state index contributed by atoms with van der Waals surface area (Å²) in [5, 5.41) is 12.8. The van der Waals surface area contributed by atoms with Crippen molar-refractivity contribution in [2.45, 2.75) is 26.0 Å². The number of hydrogen-bond donors (Lipinski definition) is 2. The van der Waals surface area contributed by atoms with Crippen LogP contribution in [0, 0.1) is 0 Å². The molecule has 0 aliphatic carbocycles. The molecule has 74 valence electrons. The van der Waals surface area contributed by atoms with Crippen LogP contribution in [0.2, 0.25) is 5.22 Å². The molecule has 0 saturated heterocycles. The molecule has 0 aliphatic rings. The fourth-order valence-electron chi connectivity index (χ4n) is 0.938. The molecular formula is C9H14ClNO2. The van der Waals surface area contributed by atoms with Gasteiger partial charge in [0.1, 0.15) is 5.76 Å². The van der Waals surface area contributed by atoms with Gasteiger partial charge in [0.2, 0.25) is 0 Å². The van der Waals surface area contributed by atoms with Gasteiger partial charge in [-0.3, -0.25) is 0 Å². The van der Waals surface area contributed by atoms with Gasteiger partial charge in [0, 0.05) is 6.54 Å². The molecule has 0 aromatic carbocycles. The third-order valence-corrected chi connectivity index (χ3v) is 1.69. The van der Waals surface area contributed by atoms with Crippen LogP contribution in [0.4, 0.5) is 0 Å². The molecule has 0 unspecified atom stereocenters. The standard InChI is InChI=1S/C9H14ClNO2/c1-9(2,12)6-11-5-7-3-4-8(10)13-7/h3-4,11-12H,5-6H2,1-2H3.